The SMILES string of the molecule is CC(C)CC(N)C(=O)NC(CCCN=C(N)N)C(=O)NC(C(=O)NC(CC(N)=O)C(=O)O)C(C)O. The standard InChI is InChI=1S/C20H38N8O7/c1-9(2)7-11(21)16(31)26-12(5-4-6-25-20(23)24)17(32)28-15(10(3)29)18(33)27-13(19(34)35)8-14(22)30/h9-13,15,29H,4-8,21H2,1-3H3,(H2,22,30)(H,26,31)(H,27,33)(H,28,32)(H,34,35)(H4,23,24,25). The summed E-state index contributed by atoms with van der Waals surface area (Å²) in [4.78, 5) is 64.2. The fraction of sp³-hybridized carbons (Fsp3) is 0.700. The molecule has 15 nitrogen and oxygen atoms in total. The fourth-order valence-corrected chi connectivity index (χ4v) is 2.99. The highest BCUT2D eigenvalue weighted by molar-refractivity contribution is 5.95. The highest BCUT2D eigenvalue weighted by Crippen LogP contribution is 2.06. The first-order valence-corrected chi connectivity index (χ1v) is 11.1. The van der Waals surface area contributed by atoms with Crippen molar-refractivity contribution < 1.29 is 34.2 Å². The smallest absolute Gasteiger partial charge is 0.326 e. The molecule has 13 N–H and O–H groups in total. The van der Waals surface area contributed by atoms with Gasteiger partial charge in [-0.3, -0.25) is 24.2 Å². The molecule has 0 saturated heterocycles. The van der Waals surface area contributed by atoms with Crippen molar-refractivity contribution in [1.82, 2.24) is 16.0 Å². The van der Waals surface area contributed by atoms with E-state index in [4.69, 9.17) is 22.9 Å². The van der Waals surface area contributed by atoms with E-state index in [1.54, 1.807) is 0 Å². The monoisotopic (exact) mass is 502 g/mol. The second kappa shape index (κ2) is 15.4. The number of nitrogens with one attached hydrogen (secondary N) is 3. The average Bonchev–Trinajstić information content (AvgIpc) is 2.71. The number of primary amides is 1. The summed E-state index contributed by atoms with van der Waals surface area (Å²) in [6.45, 7) is 5.11. The summed E-state index contributed by atoms with van der Waals surface area (Å²) < 4.78 is 0. The number of aliphatic imine (C=N–C) groups is 1. The minimum Gasteiger partial charge on any atom is -0.480 e. The van der Waals surface area contributed by atoms with Crippen molar-refractivity contribution in [3.8, 4) is 0 Å². The molecule has 0 bridgehead atoms. The minimum absolute atomic E-state index is 0.0658. The Morgan fingerprint density at radius 1 is 0.886 bits per heavy atom. The highest BCUT2D eigenvalue weighted by Gasteiger charge is 2.33. The molecular formula is C20H38N8O7. The Kier molecular flexibility index (Phi) is 13.9. The number of nitrogens with zero attached hydrogens (tertiary/aromatic N) is 1. The van der Waals surface area contributed by atoms with E-state index in [0.717, 1.165) is 0 Å². The quantitative estimate of drug-likeness (QED) is 0.0563. The predicted octanol–water partition coefficient (Wildman–Crippen LogP) is -3.79. The van der Waals surface area contributed by atoms with Crippen LogP contribution < -0.4 is 38.9 Å². The lowest BCUT2D eigenvalue weighted by Gasteiger charge is -2.26. The van der Waals surface area contributed by atoms with E-state index < -0.39 is 66.3 Å². The molecule has 0 aromatic heterocycles. The van der Waals surface area contributed by atoms with Crippen LogP contribution >= 0.6 is 0 Å². The van der Waals surface area contributed by atoms with Crippen molar-refractivity contribution >= 4 is 35.6 Å². The summed E-state index contributed by atoms with van der Waals surface area (Å²) in [5, 5.41) is 26.1. The molecule has 5 atom stereocenters. The average molecular weight is 503 g/mol. The van der Waals surface area contributed by atoms with Crippen LogP contribution in [0.5, 0.6) is 0 Å². The first kappa shape index (κ1) is 31.5. The molecule has 15 heteroatoms. The second-order valence-electron chi connectivity index (χ2n) is 8.54. The third-order valence-electron chi connectivity index (χ3n) is 4.72. The number of carboxylic acids is 1. The number of amides is 4. The molecular weight excluding hydrogens is 464 g/mol. The topological polar surface area (TPSA) is 278 Å². The summed E-state index contributed by atoms with van der Waals surface area (Å²) in [5.41, 5.74) is 21.4. The third kappa shape index (κ3) is 13.1. The Hall–Kier alpha value is -3.46. The maximum Gasteiger partial charge on any atom is 0.326 e. The number of hydrogen-bond donors (Lipinski definition) is 9. The Labute approximate surface area is 203 Å². The molecule has 4 amide bonds. The summed E-state index contributed by atoms with van der Waals surface area (Å²) >= 11 is 0. The summed E-state index contributed by atoms with van der Waals surface area (Å²) in [6.07, 6.45) is -1.44. The number of aliphatic hydroxyl groups excluding tert-OH is 1. The zero-order valence-corrected chi connectivity index (χ0v) is 20.2. The van der Waals surface area contributed by atoms with Crippen molar-refractivity contribution in [2.24, 2.45) is 33.8 Å². The normalized spacial score (nSPS) is 15.1. The predicted molar refractivity (Wildman–Crippen MR) is 126 cm³/mol. The minimum atomic E-state index is -1.66. The summed E-state index contributed by atoms with van der Waals surface area (Å²) in [6, 6.07) is -5.31. The van der Waals surface area contributed by atoms with Gasteiger partial charge < -0.3 is 49.1 Å². The second-order valence-corrected chi connectivity index (χ2v) is 8.54. The molecule has 0 rings (SSSR count). The molecule has 0 aromatic rings. The lowest BCUT2D eigenvalue weighted by atomic mass is 10.0. The first-order chi connectivity index (χ1) is 16.1. The molecule has 0 saturated carbocycles. The van der Waals surface area contributed by atoms with Crippen LogP contribution in [-0.4, -0.2) is 82.6 Å². The van der Waals surface area contributed by atoms with Gasteiger partial charge in [-0.05, 0) is 32.1 Å². The Morgan fingerprint density at radius 3 is 1.91 bits per heavy atom. The van der Waals surface area contributed by atoms with Gasteiger partial charge in [0.05, 0.1) is 18.6 Å². The van der Waals surface area contributed by atoms with Crippen LogP contribution in [0.25, 0.3) is 0 Å². The van der Waals surface area contributed by atoms with Crippen LogP contribution in [0.15, 0.2) is 4.99 Å². The van der Waals surface area contributed by atoms with E-state index in [0.29, 0.717) is 6.42 Å². The van der Waals surface area contributed by atoms with Gasteiger partial charge in [0.15, 0.2) is 5.96 Å². The van der Waals surface area contributed by atoms with Crippen LogP contribution in [0.1, 0.15) is 46.5 Å². The van der Waals surface area contributed by atoms with Gasteiger partial charge in [-0.1, -0.05) is 13.8 Å². The lowest BCUT2D eigenvalue weighted by Crippen LogP contribution is -2.60. The number of carbonyl (C=O) groups excluding carboxylic acids is 4. The Morgan fingerprint density at radius 2 is 1.46 bits per heavy atom. The first-order valence-electron chi connectivity index (χ1n) is 11.1. The number of carboxylic acid groups (broad SMARTS) is 1. The number of guanidine groups is 1. The number of rotatable bonds is 16. The lowest BCUT2D eigenvalue weighted by molar-refractivity contribution is -0.144. The molecule has 0 radical (unpaired) electrons. The molecule has 35 heavy (non-hydrogen) atoms. The Balaban J connectivity index is 5.55. The molecule has 0 fully saturated rings. The van der Waals surface area contributed by atoms with E-state index in [2.05, 4.69) is 20.9 Å². The van der Waals surface area contributed by atoms with E-state index >= 15 is 0 Å². The van der Waals surface area contributed by atoms with Gasteiger partial charge in [0, 0.05) is 6.54 Å². The molecule has 0 aliphatic rings. The maximum absolute atomic E-state index is 12.9. The number of nitrogens with two attached hydrogens (primary N) is 4. The van der Waals surface area contributed by atoms with E-state index in [1.807, 2.05) is 13.8 Å². The van der Waals surface area contributed by atoms with Gasteiger partial charge >= 0.3 is 5.97 Å². The number of aliphatic hydroxyl groups is 1. The van der Waals surface area contributed by atoms with Gasteiger partial charge in [-0.25, -0.2) is 4.79 Å². The van der Waals surface area contributed by atoms with Crippen molar-refractivity contribution in [3.63, 3.8) is 0 Å². The summed E-state index contributed by atoms with van der Waals surface area (Å²) in [7, 11) is 0. The zero-order valence-electron chi connectivity index (χ0n) is 20.2. The van der Waals surface area contributed by atoms with Gasteiger partial charge in [0.2, 0.25) is 23.6 Å². The van der Waals surface area contributed by atoms with Gasteiger partial charge in [0.25, 0.3) is 0 Å². The van der Waals surface area contributed by atoms with Crippen LogP contribution in [0.2, 0.25) is 0 Å². The molecule has 0 aliphatic carbocycles. The van der Waals surface area contributed by atoms with Crippen molar-refractivity contribution in [2.75, 3.05) is 6.54 Å². The third-order valence-corrected chi connectivity index (χ3v) is 4.72. The molecule has 0 aromatic carbocycles. The van der Waals surface area contributed by atoms with Crippen LogP contribution in [0.3, 0.4) is 0 Å². The van der Waals surface area contributed by atoms with E-state index in [1.165, 1.54) is 6.92 Å². The Bertz CT molecular complexity index is 783. The van der Waals surface area contributed by atoms with E-state index in [-0.39, 0.29) is 31.3 Å². The number of hydrogen-bond acceptors (Lipinski definition) is 8. The molecule has 0 heterocycles. The van der Waals surface area contributed by atoms with Crippen LogP contribution in [0, 0.1) is 5.92 Å². The van der Waals surface area contributed by atoms with E-state index in [9.17, 15) is 34.2 Å². The summed E-state index contributed by atoms with van der Waals surface area (Å²) in [5.74, 6) is -5.02. The molecule has 200 valence electrons. The van der Waals surface area contributed by atoms with Crippen molar-refractivity contribution in [3.05, 3.63) is 0 Å². The van der Waals surface area contributed by atoms with Gasteiger partial charge in [0.1, 0.15) is 18.1 Å². The number of aliphatic carboxylic acids is 1. The molecule has 0 spiro atoms. The number of carbonyl (C=O) groups is 5. The van der Waals surface area contributed by atoms with Crippen LogP contribution in [-0.2, 0) is 24.0 Å². The highest BCUT2D eigenvalue weighted by atomic mass is 16.4. The zero-order chi connectivity index (χ0) is 27.3. The van der Waals surface area contributed by atoms with Gasteiger partial charge in [-0.15, -0.1) is 0 Å². The van der Waals surface area contributed by atoms with Crippen molar-refractivity contribution in [2.45, 2.75) is 76.7 Å². The molecule has 5 unspecified atom stereocenters. The largest absolute Gasteiger partial charge is 0.480 e. The van der Waals surface area contributed by atoms with Gasteiger partial charge in [-0.2, -0.15) is 0 Å². The molecule has 0 aliphatic heterocycles. The fourth-order valence-electron chi connectivity index (χ4n) is 2.99. The van der Waals surface area contributed by atoms with Crippen LogP contribution in [0.4, 0.5) is 0 Å². The maximum atomic E-state index is 12.9. The van der Waals surface area contributed by atoms with Crippen molar-refractivity contribution in [1.29, 1.82) is 0 Å².